The topological polar surface area (TPSA) is 29.9 Å². The molecule has 3 aromatic carbocycles. The van der Waals surface area contributed by atoms with Gasteiger partial charge in [0.05, 0.1) is 11.4 Å². The summed E-state index contributed by atoms with van der Waals surface area (Å²) in [5.41, 5.74) is 3.89. The van der Waals surface area contributed by atoms with Crippen LogP contribution < -0.4 is 5.32 Å². The van der Waals surface area contributed by atoms with Gasteiger partial charge in [0.15, 0.2) is 0 Å². The van der Waals surface area contributed by atoms with Crippen molar-refractivity contribution < 1.29 is 0 Å². The van der Waals surface area contributed by atoms with Crippen LogP contribution in [0, 0.1) is 0 Å². The molecular formula is C21H16ClN3. The molecule has 0 fully saturated rings. The maximum Gasteiger partial charge on any atom is 0.134 e. The molecule has 122 valence electrons. The number of nitrogens with one attached hydrogen (secondary N) is 1. The van der Waals surface area contributed by atoms with Crippen LogP contribution in [0.4, 0.5) is 11.5 Å². The normalized spacial score (nSPS) is 10.6. The zero-order valence-corrected chi connectivity index (χ0v) is 14.2. The van der Waals surface area contributed by atoms with Gasteiger partial charge in [-0.2, -0.15) is 5.10 Å². The van der Waals surface area contributed by atoms with Crippen molar-refractivity contribution in [2.75, 3.05) is 5.32 Å². The standard InChI is InChI=1S/C21H16ClN3/c22-17-10-7-13-19(14-17)25-21(23-18-11-5-2-6-12-18)15-20(24-25)16-8-3-1-4-9-16/h1-15,23H. The number of halogens is 1. The van der Waals surface area contributed by atoms with Gasteiger partial charge in [0.1, 0.15) is 5.82 Å². The van der Waals surface area contributed by atoms with Crippen LogP contribution in [-0.4, -0.2) is 9.78 Å². The number of para-hydroxylation sites is 1. The minimum absolute atomic E-state index is 0.680. The lowest BCUT2D eigenvalue weighted by atomic mass is 10.1. The van der Waals surface area contributed by atoms with Crippen LogP contribution in [0.3, 0.4) is 0 Å². The maximum absolute atomic E-state index is 6.17. The van der Waals surface area contributed by atoms with E-state index < -0.39 is 0 Å². The number of hydrogen-bond acceptors (Lipinski definition) is 2. The van der Waals surface area contributed by atoms with Crippen molar-refractivity contribution in [3.05, 3.63) is 96.0 Å². The van der Waals surface area contributed by atoms with Crippen LogP contribution in [-0.2, 0) is 0 Å². The molecule has 1 heterocycles. The molecule has 0 saturated carbocycles. The van der Waals surface area contributed by atoms with Crippen molar-refractivity contribution >= 4 is 23.1 Å². The maximum atomic E-state index is 6.17. The highest BCUT2D eigenvalue weighted by atomic mass is 35.5. The molecule has 4 heteroatoms. The highest BCUT2D eigenvalue weighted by Crippen LogP contribution is 2.27. The lowest BCUT2D eigenvalue weighted by Gasteiger charge is -2.10. The van der Waals surface area contributed by atoms with Gasteiger partial charge in [-0.15, -0.1) is 0 Å². The van der Waals surface area contributed by atoms with E-state index >= 15 is 0 Å². The summed E-state index contributed by atoms with van der Waals surface area (Å²) in [6, 6.07) is 29.9. The van der Waals surface area contributed by atoms with Crippen molar-refractivity contribution in [2.45, 2.75) is 0 Å². The number of rotatable bonds is 4. The summed E-state index contributed by atoms with van der Waals surface area (Å²) in [7, 11) is 0. The average molecular weight is 346 g/mol. The van der Waals surface area contributed by atoms with E-state index in [4.69, 9.17) is 16.7 Å². The van der Waals surface area contributed by atoms with E-state index in [2.05, 4.69) is 17.4 Å². The summed E-state index contributed by atoms with van der Waals surface area (Å²) in [6.07, 6.45) is 0. The molecule has 0 aliphatic heterocycles. The summed E-state index contributed by atoms with van der Waals surface area (Å²) < 4.78 is 1.88. The Balaban J connectivity index is 1.81. The summed E-state index contributed by atoms with van der Waals surface area (Å²) in [5, 5.41) is 8.90. The van der Waals surface area contributed by atoms with Crippen LogP contribution in [0.15, 0.2) is 91.0 Å². The van der Waals surface area contributed by atoms with Crippen LogP contribution >= 0.6 is 11.6 Å². The predicted molar refractivity (Wildman–Crippen MR) is 104 cm³/mol. The second kappa shape index (κ2) is 6.83. The zero-order chi connectivity index (χ0) is 17.1. The van der Waals surface area contributed by atoms with Crippen molar-refractivity contribution in [2.24, 2.45) is 0 Å². The fraction of sp³-hybridized carbons (Fsp3) is 0. The molecule has 0 spiro atoms. The molecule has 0 atom stereocenters. The fourth-order valence-corrected chi connectivity index (χ4v) is 2.88. The van der Waals surface area contributed by atoms with E-state index in [9.17, 15) is 0 Å². The number of benzene rings is 3. The Morgan fingerprint density at radius 3 is 2.20 bits per heavy atom. The molecule has 0 radical (unpaired) electrons. The smallest absolute Gasteiger partial charge is 0.134 e. The Hall–Kier alpha value is -3.04. The summed E-state index contributed by atoms with van der Waals surface area (Å²) in [6.45, 7) is 0. The Morgan fingerprint density at radius 1 is 0.760 bits per heavy atom. The predicted octanol–water partition coefficient (Wildman–Crippen LogP) is 5.94. The lowest BCUT2D eigenvalue weighted by Crippen LogP contribution is -2.02. The monoisotopic (exact) mass is 345 g/mol. The third-order valence-corrected chi connectivity index (χ3v) is 4.11. The minimum Gasteiger partial charge on any atom is -0.340 e. The van der Waals surface area contributed by atoms with Gasteiger partial charge in [0.2, 0.25) is 0 Å². The fourth-order valence-electron chi connectivity index (χ4n) is 2.69. The highest BCUT2D eigenvalue weighted by Gasteiger charge is 2.12. The highest BCUT2D eigenvalue weighted by molar-refractivity contribution is 6.30. The van der Waals surface area contributed by atoms with E-state index in [1.54, 1.807) is 0 Å². The van der Waals surface area contributed by atoms with Crippen LogP contribution in [0.5, 0.6) is 0 Å². The lowest BCUT2D eigenvalue weighted by molar-refractivity contribution is 0.892. The van der Waals surface area contributed by atoms with E-state index in [1.807, 2.05) is 83.5 Å². The Kier molecular flexibility index (Phi) is 4.23. The van der Waals surface area contributed by atoms with Crippen molar-refractivity contribution in [3.63, 3.8) is 0 Å². The molecule has 25 heavy (non-hydrogen) atoms. The van der Waals surface area contributed by atoms with Crippen molar-refractivity contribution in [3.8, 4) is 16.9 Å². The van der Waals surface area contributed by atoms with Gasteiger partial charge in [-0.25, -0.2) is 4.68 Å². The SMILES string of the molecule is Clc1cccc(-n2nc(-c3ccccc3)cc2Nc2ccccc2)c1. The first-order valence-electron chi connectivity index (χ1n) is 8.03. The number of aromatic nitrogens is 2. The molecule has 4 rings (SSSR count). The molecule has 0 bridgehead atoms. The van der Waals surface area contributed by atoms with Crippen molar-refractivity contribution in [1.82, 2.24) is 9.78 Å². The molecule has 0 saturated heterocycles. The molecular weight excluding hydrogens is 330 g/mol. The molecule has 0 aliphatic carbocycles. The number of nitrogens with zero attached hydrogens (tertiary/aromatic N) is 2. The van der Waals surface area contributed by atoms with E-state index in [-0.39, 0.29) is 0 Å². The quantitative estimate of drug-likeness (QED) is 0.496. The molecule has 0 unspecified atom stereocenters. The molecule has 4 aromatic rings. The number of anilines is 2. The van der Waals surface area contributed by atoms with Gasteiger partial charge in [-0.3, -0.25) is 0 Å². The van der Waals surface area contributed by atoms with Gasteiger partial charge < -0.3 is 5.32 Å². The summed E-state index contributed by atoms with van der Waals surface area (Å²) in [4.78, 5) is 0. The zero-order valence-electron chi connectivity index (χ0n) is 13.4. The molecule has 0 aliphatic rings. The van der Waals surface area contributed by atoms with Gasteiger partial charge in [-0.05, 0) is 30.3 Å². The average Bonchev–Trinajstić information content (AvgIpc) is 3.07. The van der Waals surface area contributed by atoms with Crippen molar-refractivity contribution in [1.29, 1.82) is 0 Å². The molecule has 1 N–H and O–H groups in total. The van der Waals surface area contributed by atoms with Crippen LogP contribution in [0.25, 0.3) is 16.9 Å². The third-order valence-electron chi connectivity index (χ3n) is 3.88. The third kappa shape index (κ3) is 3.42. The van der Waals surface area contributed by atoms with Gasteiger partial charge in [-0.1, -0.05) is 66.2 Å². The summed E-state index contributed by atoms with van der Waals surface area (Å²) in [5.74, 6) is 0.882. The van der Waals surface area contributed by atoms with E-state index in [1.165, 1.54) is 0 Å². The Bertz CT molecular complexity index is 978. The molecule has 0 amide bonds. The first kappa shape index (κ1) is 15.5. The minimum atomic E-state index is 0.680. The van der Waals surface area contributed by atoms with Gasteiger partial charge in [0.25, 0.3) is 0 Å². The largest absolute Gasteiger partial charge is 0.340 e. The summed E-state index contributed by atoms with van der Waals surface area (Å²) >= 11 is 6.17. The van der Waals surface area contributed by atoms with Gasteiger partial charge >= 0.3 is 0 Å². The first-order chi connectivity index (χ1) is 12.3. The van der Waals surface area contributed by atoms with E-state index in [0.717, 1.165) is 28.5 Å². The second-order valence-electron chi connectivity index (χ2n) is 5.66. The van der Waals surface area contributed by atoms with Crippen LogP contribution in [0.1, 0.15) is 0 Å². The molecule has 1 aromatic heterocycles. The Labute approximate surface area is 151 Å². The first-order valence-corrected chi connectivity index (χ1v) is 8.41. The molecule has 3 nitrogen and oxygen atoms in total. The second-order valence-corrected chi connectivity index (χ2v) is 6.10. The van der Waals surface area contributed by atoms with Crippen LogP contribution in [0.2, 0.25) is 5.02 Å². The van der Waals surface area contributed by atoms with Gasteiger partial charge in [0, 0.05) is 22.3 Å². The van der Waals surface area contributed by atoms with E-state index in [0.29, 0.717) is 5.02 Å². The number of hydrogen-bond donors (Lipinski definition) is 1. The Morgan fingerprint density at radius 2 is 1.48 bits per heavy atom.